The van der Waals surface area contributed by atoms with E-state index in [9.17, 15) is 9.59 Å². The highest BCUT2D eigenvalue weighted by molar-refractivity contribution is 6.60. The summed E-state index contributed by atoms with van der Waals surface area (Å²) in [7, 11) is 2.12. The zero-order chi connectivity index (χ0) is 16.6. The fourth-order valence-corrected chi connectivity index (χ4v) is 4.02. The maximum atomic E-state index is 12.0. The molecule has 0 radical (unpaired) electrons. The van der Waals surface area contributed by atoms with Gasteiger partial charge >= 0.3 is 20.9 Å². The fourth-order valence-electron chi connectivity index (χ4n) is 2.30. The largest absolute Gasteiger partial charge is 0.500 e. The SMILES string of the molecule is CO[Si](CCCNC(=O)N1CCN(C(N)=O)CC1)(OC)OC. The lowest BCUT2D eigenvalue weighted by molar-refractivity contribution is 0.122. The van der Waals surface area contributed by atoms with Crippen molar-refractivity contribution in [1.29, 1.82) is 0 Å². The minimum Gasteiger partial charge on any atom is -0.377 e. The Labute approximate surface area is 132 Å². The summed E-state index contributed by atoms with van der Waals surface area (Å²) >= 11 is 0. The first-order valence-electron chi connectivity index (χ1n) is 7.20. The first kappa shape index (κ1) is 18.7. The van der Waals surface area contributed by atoms with Gasteiger partial charge in [0.25, 0.3) is 0 Å². The van der Waals surface area contributed by atoms with Crippen LogP contribution in [0.2, 0.25) is 6.04 Å². The van der Waals surface area contributed by atoms with Crippen molar-refractivity contribution in [3.63, 3.8) is 0 Å². The molecule has 10 heteroatoms. The van der Waals surface area contributed by atoms with Gasteiger partial charge in [0.1, 0.15) is 0 Å². The van der Waals surface area contributed by atoms with E-state index in [1.807, 2.05) is 0 Å². The monoisotopic (exact) mass is 334 g/mol. The van der Waals surface area contributed by atoms with Crippen molar-refractivity contribution in [1.82, 2.24) is 15.1 Å². The molecule has 3 N–H and O–H groups in total. The number of nitrogens with one attached hydrogen (secondary N) is 1. The molecule has 9 nitrogen and oxygen atoms in total. The summed E-state index contributed by atoms with van der Waals surface area (Å²) in [6, 6.07) is 0.0513. The van der Waals surface area contributed by atoms with E-state index in [1.54, 1.807) is 26.2 Å². The van der Waals surface area contributed by atoms with Gasteiger partial charge in [0.2, 0.25) is 0 Å². The van der Waals surface area contributed by atoms with E-state index in [1.165, 1.54) is 4.90 Å². The van der Waals surface area contributed by atoms with Gasteiger partial charge in [-0.2, -0.15) is 0 Å². The minimum atomic E-state index is -2.57. The van der Waals surface area contributed by atoms with E-state index in [2.05, 4.69) is 5.32 Å². The molecule has 0 aromatic heterocycles. The molecule has 1 saturated heterocycles. The molecule has 0 bridgehead atoms. The Hall–Kier alpha value is -1.36. The predicted octanol–water partition coefficient (Wildman–Crippen LogP) is -0.339. The zero-order valence-corrected chi connectivity index (χ0v) is 14.5. The van der Waals surface area contributed by atoms with Crippen molar-refractivity contribution in [3.8, 4) is 0 Å². The van der Waals surface area contributed by atoms with Gasteiger partial charge in [-0.25, -0.2) is 9.59 Å². The summed E-state index contributed by atoms with van der Waals surface area (Å²) in [4.78, 5) is 26.2. The Morgan fingerprint density at radius 3 is 2.00 bits per heavy atom. The highest BCUT2D eigenvalue weighted by Gasteiger charge is 2.36. The number of primary amides is 1. The maximum Gasteiger partial charge on any atom is 0.500 e. The molecular formula is C12H26N4O5Si. The lowest BCUT2D eigenvalue weighted by Gasteiger charge is -2.33. The smallest absolute Gasteiger partial charge is 0.377 e. The second-order valence-corrected chi connectivity index (χ2v) is 8.03. The van der Waals surface area contributed by atoms with E-state index < -0.39 is 14.8 Å². The molecule has 1 rings (SSSR count). The molecule has 128 valence electrons. The lowest BCUT2D eigenvalue weighted by Crippen LogP contribution is -2.54. The number of hydrogen-bond donors (Lipinski definition) is 2. The molecule has 0 atom stereocenters. The first-order chi connectivity index (χ1) is 10.5. The zero-order valence-electron chi connectivity index (χ0n) is 13.5. The Balaban J connectivity index is 2.25. The van der Waals surface area contributed by atoms with Crippen LogP contribution >= 0.6 is 0 Å². The molecule has 1 heterocycles. The summed E-state index contributed by atoms with van der Waals surface area (Å²) in [5.41, 5.74) is 5.20. The number of amides is 4. The van der Waals surface area contributed by atoms with Crippen molar-refractivity contribution in [3.05, 3.63) is 0 Å². The van der Waals surface area contributed by atoms with Crippen molar-refractivity contribution in [2.75, 3.05) is 54.1 Å². The average Bonchev–Trinajstić information content (AvgIpc) is 2.55. The topological polar surface area (TPSA) is 106 Å². The van der Waals surface area contributed by atoms with Gasteiger partial charge in [-0.15, -0.1) is 0 Å². The predicted molar refractivity (Wildman–Crippen MR) is 82.3 cm³/mol. The number of urea groups is 2. The number of rotatable bonds is 7. The highest BCUT2D eigenvalue weighted by atomic mass is 28.4. The summed E-state index contributed by atoms with van der Waals surface area (Å²) in [6.07, 6.45) is 0.703. The molecule has 0 saturated carbocycles. The van der Waals surface area contributed by atoms with Crippen LogP contribution in [-0.2, 0) is 13.3 Å². The molecule has 0 aliphatic carbocycles. The molecule has 1 aliphatic rings. The summed E-state index contributed by atoms with van der Waals surface area (Å²) < 4.78 is 15.9. The summed E-state index contributed by atoms with van der Waals surface area (Å²) in [5.74, 6) is 0. The molecule has 4 amide bonds. The van der Waals surface area contributed by atoms with Crippen molar-refractivity contribution < 1.29 is 22.9 Å². The van der Waals surface area contributed by atoms with Crippen molar-refractivity contribution >= 4 is 20.9 Å². The van der Waals surface area contributed by atoms with Crippen LogP contribution in [0, 0.1) is 0 Å². The van der Waals surface area contributed by atoms with Gasteiger partial charge in [0.05, 0.1) is 0 Å². The molecular weight excluding hydrogens is 308 g/mol. The lowest BCUT2D eigenvalue weighted by atomic mass is 10.3. The van der Waals surface area contributed by atoms with Gasteiger partial charge in [-0.05, 0) is 6.42 Å². The molecule has 1 fully saturated rings. The van der Waals surface area contributed by atoms with E-state index in [-0.39, 0.29) is 6.03 Å². The van der Waals surface area contributed by atoms with E-state index in [4.69, 9.17) is 19.0 Å². The molecule has 1 aliphatic heterocycles. The number of carbonyl (C=O) groups excluding carboxylic acids is 2. The van der Waals surface area contributed by atoms with Gasteiger partial charge in [0.15, 0.2) is 0 Å². The van der Waals surface area contributed by atoms with Gasteiger partial charge in [0, 0.05) is 60.1 Å². The fraction of sp³-hybridized carbons (Fsp3) is 0.833. The number of nitrogens with zero attached hydrogens (tertiary/aromatic N) is 2. The number of nitrogens with two attached hydrogens (primary N) is 1. The van der Waals surface area contributed by atoms with Crippen LogP contribution in [0.25, 0.3) is 0 Å². The molecule has 0 aromatic rings. The Kier molecular flexibility index (Phi) is 7.58. The summed E-state index contributed by atoms with van der Waals surface area (Å²) in [5, 5.41) is 2.85. The number of hydrogen-bond acceptors (Lipinski definition) is 5. The van der Waals surface area contributed by atoms with Gasteiger partial charge in [-0.3, -0.25) is 0 Å². The third-order valence-electron chi connectivity index (χ3n) is 3.75. The standard InChI is InChI=1S/C12H26N4O5Si/c1-19-22(20-2,21-3)10-4-5-14-12(18)16-8-6-15(7-9-16)11(13)17/h4-10H2,1-3H3,(H2,13,17)(H,14,18). The van der Waals surface area contributed by atoms with Crippen LogP contribution in [0.3, 0.4) is 0 Å². The Morgan fingerprint density at radius 2 is 1.55 bits per heavy atom. The molecule has 0 aromatic carbocycles. The third kappa shape index (κ3) is 5.12. The molecule has 0 spiro atoms. The Morgan fingerprint density at radius 1 is 1.05 bits per heavy atom. The van der Waals surface area contributed by atoms with E-state index in [0.29, 0.717) is 45.2 Å². The van der Waals surface area contributed by atoms with Gasteiger partial charge < -0.3 is 34.1 Å². The molecule has 0 unspecified atom stereocenters. The van der Waals surface area contributed by atoms with Crippen LogP contribution in [0.1, 0.15) is 6.42 Å². The average molecular weight is 334 g/mol. The van der Waals surface area contributed by atoms with Crippen LogP contribution in [0.5, 0.6) is 0 Å². The third-order valence-corrected chi connectivity index (χ3v) is 6.58. The van der Waals surface area contributed by atoms with Crippen LogP contribution in [0.4, 0.5) is 9.59 Å². The maximum absolute atomic E-state index is 12.0. The van der Waals surface area contributed by atoms with Crippen LogP contribution < -0.4 is 11.1 Å². The van der Waals surface area contributed by atoms with Gasteiger partial charge in [-0.1, -0.05) is 0 Å². The normalized spacial score (nSPS) is 15.8. The minimum absolute atomic E-state index is 0.136. The first-order valence-corrected chi connectivity index (χ1v) is 9.14. The van der Waals surface area contributed by atoms with Crippen LogP contribution in [-0.4, -0.2) is 84.7 Å². The molecule has 22 heavy (non-hydrogen) atoms. The van der Waals surface area contributed by atoms with Crippen molar-refractivity contribution in [2.45, 2.75) is 12.5 Å². The highest BCUT2D eigenvalue weighted by Crippen LogP contribution is 2.14. The van der Waals surface area contributed by atoms with Crippen molar-refractivity contribution in [2.24, 2.45) is 5.73 Å². The second kappa shape index (κ2) is 8.93. The summed E-state index contributed by atoms with van der Waals surface area (Å²) in [6.45, 7) is 2.43. The number of carbonyl (C=O) groups is 2. The van der Waals surface area contributed by atoms with Crippen LogP contribution in [0.15, 0.2) is 0 Å². The quantitative estimate of drug-likeness (QED) is 0.489. The number of piperazine rings is 1. The van der Waals surface area contributed by atoms with E-state index in [0.717, 1.165) is 0 Å². The second-order valence-electron chi connectivity index (χ2n) is 4.94. The Bertz CT molecular complexity index is 364. The van der Waals surface area contributed by atoms with E-state index >= 15 is 0 Å².